The molecule has 2 aromatic carbocycles. The molecule has 0 radical (unpaired) electrons. The predicted molar refractivity (Wildman–Crippen MR) is 80.9 cm³/mol. The van der Waals surface area contributed by atoms with E-state index in [2.05, 4.69) is 34.5 Å². The highest BCUT2D eigenvalue weighted by Gasteiger charge is 2.24. The molecule has 1 heterocycles. The lowest BCUT2D eigenvalue weighted by Crippen LogP contribution is -1.97. The average Bonchev–Trinajstić information content (AvgIpc) is 3.05. The third-order valence-electron chi connectivity index (χ3n) is 3.79. The van der Waals surface area contributed by atoms with Crippen molar-refractivity contribution >= 4 is 0 Å². The molecule has 21 heavy (non-hydrogen) atoms. The molecule has 0 aliphatic carbocycles. The summed E-state index contributed by atoms with van der Waals surface area (Å²) < 4.78 is 10.4. The number of rotatable bonds is 4. The molecule has 0 N–H and O–H groups in total. The fraction of sp³-hybridized carbons (Fsp3) is 0.294. The average molecular weight is 282 g/mol. The zero-order valence-corrected chi connectivity index (χ0v) is 12.2. The van der Waals surface area contributed by atoms with Gasteiger partial charge in [0.2, 0.25) is 0 Å². The molecule has 4 heteroatoms. The van der Waals surface area contributed by atoms with Crippen molar-refractivity contribution in [2.75, 3.05) is 14.2 Å². The van der Waals surface area contributed by atoms with Gasteiger partial charge < -0.3 is 9.47 Å². The van der Waals surface area contributed by atoms with Crippen LogP contribution in [0.25, 0.3) is 0 Å². The number of methoxy groups -OCH3 is 2. The first kappa shape index (κ1) is 13.6. The van der Waals surface area contributed by atoms with Crippen LogP contribution in [0.4, 0.5) is 0 Å². The van der Waals surface area contributed by atoms with E-state index in [-0.39, 0.29) is 12.1 Å². The Kier molecular flexibility index (Phi) is 3.86. The van der Waals surface area contributed by atoms with Gasteiger partial charge in [0.1, 0.15) is 11.5 Å². The highest BCUT2D eigenvalue weighted by Crippen LogP contribution is 2.39. The molecule has 0 fully saturated rings. The molecule has 0 saturated carbocycles. The molecule has 0 saturated heterocycles. The number of hydrogen-bond acceptors (Lipinski definition) is 4. The molecule has 1 aliphatic rings. The third kappa shape index (κ3) is 2.89. The lowest BCUT2D eigenvalue weighted by Gasteiger charge is -2.10. The molecule has 0 unspecified atom stereocenters. The quantitative estimate of drug-likeness (QED) is 0.837. The largest absolute Gasteiger partial charge is 0.497 e. The Morgan fingerprint density at radius 1 is 0.714 bits per heavy atom. The van der Waals surface area contributed by atoms with Crippen LogP contribution in [-0.2, 0) is 0 Å². The van der Waals surface area contributed by atoms with E-state index in [0.29, 0.717) is 0 Å². The molecule has 2 atom stereocenters. The monoisotopic (exact) mass is 282 g/mol. The minimum absolute atomic E-state index is 0.128. The Morgan fingerprint density at radius 3 is 1.43 bits per heavy atom. The van der Waals surface area contributed by atoms with E-state index in [1.54, 1.807) is 14.2 Å². The lowest BCUT2D eigenvalue weighted by atomic mass is 9.97. The molecule has 1 aliphatic heterocycles. The van der Waals surface area contributed by atoms with E-state index in [1.165, 1.54) is 11.1 Å². The van der Waals surface area contributed by atoms with Gasteiger partial charge in [0, 0.05) is 6.42 Å². The van der Waals surface area contributed by atoms with Crippen molar-refractivity contribution in [3.8, 4) is 11.5 Å². The van der Waals surface area contributed by atoms with Crippen molar-refractivity contribution in [1.29, 1.82) is 0 Å². The van der Waals surface area contributed by atoms with E-state index in [4.69, 9.17) is 9.47 Å². The predicted octanol–water partition coefficient (Wildman–Crippen LogP) is 4.34. The van der Waals surface area contributed by atoms with E-state index >= 15 is 0 Å². The Hall–Kier alpha value is -2.36. The molecule has 3 rings (SSSR count). The summed E-state index contributed by atoms with van der Waals surface area (Å²) in [6.07, 6.45) is 0.901. The van der Waals surface area contributed by atoms with Crippen molar-refractivity contribution in [2.45, 2.75) is 18.5 Å². The first-order valence-corrected chi connectivity index (χ1v) is 6.98. The second-order valence-electron chi connectivity index (χ2n) is 5.04. The van der Waals surface area contributed by atoms with Crippen molar-refractivity contribution in [2.24, 2.45) is 10.2 Å². The maximum atomic E-state index is 5.18. The Labute approximate surface area is 124 Å². The Bertz CT molecular complexity index is 565. The van der Waals surface area contributed by atoms with E-state index in [1.807, 2.05) is 24.3 Å². The van der Waals surface area contributed by atoms with Crippen LogP contribution in [0, 0.1) is 0 Å². The molecule has 2 aromatic rings. The summed E-state index contributed by atoms with van der Waals surface area (Å²) in [6, 6.07) is 16.3. The summed E-state index contributed by atoms with van der Waals surface area (Å²) in [4.78, 5) is 0. The van der Waals surface area contributed by atoms with E-state index in [9.17, 15) is 0 Å². The van der Waals surface area contributed by atoms with Gasteiger partial charge in [-0.1, -0.05) is 24.3 Å². The van der Waals surface area contributed by atoms with E-state index in [0.717, 1.165) is 17.9 Å². The van der Waals surface area contributed by atoms with Gasteiger partial charge in [-0.2, -0.15) is 10.2 Å². The smallest absolute Gasteiger partial charge is 0.118 e. The first-order valence-electron chi connectivity index (χ1n) is 6.98. The van der Waals surface area contributed by atoms with Crippen molar-refractivity contribution in [3.63, 3.8) is 0 Å². The third-order valence-corrected chi connectivity index (χ3v) is 3.79. The van der Waals surface area contributed by atoms with Gasteiger partial charge in [-0.05, 0) is 35.4 Å². The van der Waals surface area contributed by atoms with Crippen LogP contribution in [-0.4, -0.2) is 14.2 Å². The summed E-state index contributed by atoms with van der Waals surface area (Å²) in [5.74, 6) is 1.72. The molecule has 4 nitrogen and oxygen atoms in total. The standard InChI is InChI=1S/C17H18N2O2/c1-20-14-7-3-12(4-8-14)16-11-17(19-18-16)13-5-9-15(21-2)10-6-13/h3-10,16-17H,11H2,1-2H3/t16-,17-/m0/s1. The fourth-order valence-corrected chi connectivity index (χ4v) is 2.52. The minimum Gasteiger partial charge on any atom is -0.497 e. The van der Waals surface area contributed by atoms with E-state index < -0.39 is 0 Å². The van der Waals surface area contributed by atoms with Crippen molar-refractivity contribution in [3.05, 3.63) is 59.7 Å². The second kappa shape index (κ2) is 5.95. The van der Waals surface area contributed by atoms with Crippen LogP contribution < -0.4 is 9.47 Å². The fourth-order valence-electron chi connectivity index (χ4n) is 2.52. The SMILES string of the molecule is COc1ccc([C@@H]2C[C@@H](c3ccc(OC)cc3)N=N2)cc1. The Balaban J connectivity index is 1.71. The van der Waals surface area contributed by atoms with Gasteiger partial charge in [-0.3, -0.25) is 0 Å². The van der Waals surface area contributed by atoms with Gasteiger partial charge in [0.15, 0.2) is 0 Å². The molecular formula is C17H18N2O2. The lowest BCUT2D eigenvalue weighted by molar-refractivity contribution is 0.414. The summed E-state index contributed by atoms with van der Waals surface area (Å²) in [7, 11) is 3.34. The second-order valence-corrected chi connectivity index (χ2v) is 5.04. The molecular weight excluding hydrogens is 264 g/mol. The summed E-state index contributed by atoms with van der Waals surface area (Å²) in [6.45, 7) is 0. The van der Waals surface area contributed by atoms with Crippen LogP contribution in [0.2, 0.25) is 0 Å². The molecule has 0 spiro atoms. The van der Waals surface area contributed by atoms with Crippen LogP contribution >= 0.6 is 0 Å². The first-order chi connectivity index (χ1) is 10.3. The number of hydrogen-bond donors (Lipinski definition) is 0. The normalized spacial score (nSPS) is 20.5. The maximum absolute atomic E-state index is 5.18. The highest BCUT2D eigenvalue weighted by atomic mass is 16.5. The van der Waals surface area contributed by atoms with Gasteiger partial charge in [0.05, 0.1) is 26.3 Å². The van der Waals surface area contributed by atoms with Gasteiger partial charge in [-0.25, -0.2) is 0 Å². The number of azo groups is 1. The minimum atomic E-state index is 0.128. The van der Waals surface area contributed by atoms with Crippen LogP contribution in [0.1, 0.15) is 29.6 Å². The molecule has 0 aromatic heterocycles. The highest BCUT2D eigenvalue weighted by molar-refractivity contribution is 5.32. The van der Waals surface area contributed by atoms with Gasteiger partial charge >= 0.3 is 0 Å². The van der Waals surface area contributed by atoms with Gasteiger partial charge in [-0.15, -0.1) is 0 Å². The molecule has 0 amide bonds. The maximum Gasteiger partial charge on any atom is 0.118 e. The summed E-state index contributed by atoms with van der Waals surface area (Å²) >= 11 is 0. The van der Waals surface area contributed by atoms with Crippen LogP contribution in [0.3, 0.4) is 0 Å². The summed E-state index contributed by atoms with van der Waals surface area (Å²) in [5, 5.41) is 8.83. The topological polar surface area (TPSA) is 43.2 Å². The van der Waals surface area contributed by atoms with Crippen molar-refractivity contribution < 1.29 is 9.47 Å². The Morgan fingerprint density at radius 2 is 1.10 bits per heavy atom. The number of ether oxygens (including phenoxy) is 2. The number of nitrogens with zero attached hydrogens (tertiary/aromatic N) is 2. The van der Waals surface area contributed by atoms with Crippen LogP contribution in [0.15, 0.2) is 58.8 Å². The zero-order chi connectivity index (χ0) is 14.7. The zero-order valence-electron chi connectivity index (χ0n) is 12.2. The molecule has 0 bridgehead atoms. The summed E-state index contributed by atoms with van der Waals surface area (Å²) in [5.41, 5.74) is 2.35. The molecule has 108 valence electrons. The van der Waals surface area contributed by atoms with Gasteiger partial charge in [0.25, 0.3) is 0 Å². The number of benzene rings is 2. The van der Waals surface area contributed by atoms with Crippen molar-refractivity contribution in [1.82, 2.24) is 0 Å². The van der Waals surface area contributed by atoms with Crippen LogP contribution in [0.5, 0.6) is 11.5 Å².